The minimum absolute atomic E-state index is 0.0936. The van der Waals surface area contributed by atoms with Crippen LogP contribution in [0.2, 0.25) is 0 Å². The topological polar surface area (TPSA) is 81.6 Å². The summed E-state index contributed by atoms with van der Waals surface area (Å²) >= 11 is 0. The molecule has 6 heteroatoms. The summed E-state index contributed by atoms with van der Waals surface area (Å²) in [5.74, 6) is 0. The minimum Gasteiger partial charge on any atom is -0.399 e. The number of nitrogens with zero attached hydrogens (tertiary/aromatic N) is 2. The Hall–Kier alpha value is -1.82. The molecule has 0 unspecified atom stereocenters. The van der Waals surface area contributed by atoms with E-state index in [1.165, 1.54) is 6.07 Å². The van der Waals surface area contributed by atoms with E-state index in [4.69, 9.17) is 10.5 Å². The Labute approximate surface area is 92.8 Å². The molecule has 0 amide bonds. The first-order valence-electron chi connectivity index (χ1n) is 5.05. The van der Waals surface area contributed by atoms with Crippen molar-refractivity contribution in [1.82, 2.24) is 0 Å². The highest BCUT2D eigenvalue weighted by Gasteiger charge is 2.21. The van der Waals surface area contributed by atoms with Crippen LogP contribution < -0.4 is 10.6 Å². The normalized spacial score (nSPS) is 16.1. The SMILES string of the molecule is Nc1ccc([N+](=O)[O-])c(N2CCOCC2)c1. The molecule has 0 saturated carbocycles. The van der Waals surface area contributed by atoms with Crippen molar-refractivity contribution in [2.75, 3.05) is 36.9 Å². The zero-order valence-electron chi connectivity index (χ0n) is 8.76. The summed E-state index contributed by atoms with van der Waals surface area (Å²) in [7, 11) is 0. The lowest BCUT2D eigenvalue weighted by molar-refractivity contribution is -0.384. The van der Waals surface area contributed by atoms with Crippen LogP contribution in [-0.2, 0) is 4.74 Å². The molecule has 0 radical (unpaired) electrons. The van der Waals surface area contributed by atoms with Crippen LogP contribution in [0.4, 0.5) is 17.1 Å². The lowest BCUT2D eigenvalue weighted by Gasteiger charge is -2.28. The lowest BCUT2D eigenvalue weighted by atomic mass is 10.2. The van der Waals surface area contributed by atoms with E-state index in [0.717, 1.165) is 0 Å². The maximum atomic E-state index is 10.9. The summed E-state index contributed by atoms with van der Waals surface area (Å²) < 4.78 is 5.21. The molecule has 16 heavy (non-hydrogen) atoms. The van der Waals surface area contributed by atoms with Gasteiger partial charge in [0.15, 0.2) is 0 Å². The van der Waals surface area contributed by atoms with Gasteiger partial charge < -0.3 is 15.4 Å². The smallest absolute Gasteiger partial charge is 0.292 e. The first kappa shape index (κ1) is 10.7. The summed E-state index contributed by atoms with van der Waals surface area (Å²) in [5, 5.41) is 10.9. The molecule has 86 valence electrons. The second-order valence-electron chi connectivity index (χ2n) is 3.60. The van der Waals surface area contributed by atoms with Crippen LogP contribution >= 0.6 is 0 Å². The molecule has 0 bridgehead atoms. The van der Waals surface area contributed by atoms with E-state index >= 15 is 0 Å². The number of morpholine rings is 1. The van der Waals surface area contributed by atoms with Crippen LogP contribution in [0.15, 0.2) is 18.2 Å². The number of nitrogens with two attached hydrogens (primary N) is 1. The zero-order chi connectivity index (χ0) is 11.5. The number of nitro benzene ring substituents is 1. The van der Waals surface area contributed by atoms with E-state index in [2.05, 4.69) is 0 Å². The fourth-order valence-electron chi connectivity index (χ4n) is 1.75. The molecule has 1 aliphatic heterocycles. The van der Waals surface area contributed by atoms with Crippen molar-refractivity contribution < 1.29 is 9.66 Å². The summed E-state index contributed by atoms with van der Waals surface area (Å²) in [6.45, 7) is 2.49. The van der Waals surface area contributed by atoms with E-state index in [1.807, 2.05) is 4.90 Å². The standard InChI is InChI=1S/C10H13N3O3/c11-8-1-2-9(13(14)15)10(7-8)12-3-5-16-6-4-12/h1-2,7H,3-6,11H2. The molecule has 1 aromatic carbocycles. The molecule has 0 aliphatic carbocycles. The summed E-state index contributed by atoms with van der Waals surface area (Å²) in [5.41, 5.74) is 6.86. The molecule has 1 fully saturated rings. The van der Waals surface area contributed by atoms with Crippen LogP contribution in [0.1, 0.15) is 0 Å². The molecule has 0 atom stereocenters. The number of anilines is 2. The van der Waals surface area contributed by atoms with Gasteiger partial charge in [0.2, 0.25) is 0 Å². The van der Waals surface area contributed by atoms with Gasteiger partial charge in [-0.3, -0.25) is 10.1 Å². The number of ether oxygens (including phenoxy) is 1. The van der Waals surface area contributed by atoms with Crippen LogP contribution in [0.25, 0.3) is 0 Å². The van der Waals surface area contributed by atoms with Crippen molar-refractivity contribution >= 4 is 17.1 Å². The molecule has 2 rings (SSSR count). The molecular formula is C10H13N3O3. The fraction of sp³-hybridized carbons (Fsp3) is 0.400. The Morgan fingerprint density at radius 2 is 2.06 bits per heavy atom. The number of nitrogen functional groups attached to an aromatic ring is 1. The lowest BCUT2D eigenvalue weighted by Crippen LogP contribution is -2.36. The molecule has 1 aromatic rings. The van der Waals surface area contributed by atoms with E-state index in [0.29, 0.717) is 37.7 Å². The number of nitro groups is 1. The quantitative estimate of drug-likeness (QED) is 0.459. The van der Waals surface area contributed by atoms with Gasteiger partial charge in [0, 0.05) is 24.8 Å². The molecule has 0 aromatic heterocycles. The highest BCUT2D eigenvalue weighted by Crippen LogP contribution is 2.30. The molecule has 1 heterocycles. The van der Waals surface area contributed by atoms with Crippen molar-refractivity contribution in [3.05, 3.63) is 28.3 Å². The van der Waals surface area contributed by atoms with Crippen LogP contribution in [0.3, 0.4) is 0 Å². The molecular weight excluding hydrogens is 210 g/mol. The van der Waals surface area contributed by atoms with Gasteiger partial charge in [-0.1, -0.05) is 0 Å². The van der Waals surface area contributed by atoms with Gasteiger partial charge in [0.1, 0.15) is 5.69 Å². The average molecular weight is 223 g/mol. The number of benzene rings is 1. The number of rotatable bonds is 2. The summed E-state index contributed by atoms with van der Waals surface area (Å²) in [6, 6.07) is 4.63. The third-order valence-corrected chi connectivity index (χ3v) is 2.55. The predicted molar refractivity (Wildman–Crippen MR) is 60.5 cm³/mol. The van der Waals surface area contributed by atoms with Crippen LogP contribution in [0, 0.1) is 10.1 Å². The minimum atomic E-state index is -0.385. The second-order valence-corrected chi connectivity index (χ2v) is 3.60. The highest BCUT2D eigenvalue weighted by atomic mass is 16.6. The Bertz CT molecular complexity index is 402. The summed E-state index contributed by atoms with van der Waals surface area (Å²) in [4.78, 5) is 12.4. The Kier molecular flexibility index (Phi) is 2.91. The van der Waals surface area contributed by atoms with Crippen molar-refractivity contribution in [2.24, 2.45) is 0 Å². The average Bonchev–Trinajstić information content (AvgIpc) is 2.29. The van der Waals surface area contributed by atoms with Gasteiger partial charge in [-0.25, -0.2) is 0 Å². The molecule has 1 saturated heterocycles. The van der Waals surface area contributed by atoms with Crippen LogP contribution in [0.5, 0.6) is 0 Å². The van der Waals surface area contributed by atoms with Gasteiger partial charge in [-0.2, -0.15) is 0 Å². The van der Waals surface area contributed by atoms with Gasteiger partial charge >= 0.3 is 0 Å². The maximum Gasteiger partial charge on any atom is 0.292 e. The Morgan fingerprint density at radius 3 is 2.69 bits per heavy atom. The van der Waals surface area contributed by atoms with Gasteiger partial charge in [0.05, 0.1) is 18.1 Å². The van der Waals surface area contributed by atoms with Crippen molar-refractivity contribution in [3.8, 4) is 0 Å². The fourth-order valence-corrected chi connectivity index (χ4v) is 1.75. The zero-order valence-corrected chi connectivity index (χ0v) is 8.76. The van der Waals surface area contributed by atoms with E-state index in [-0.39, 0.29) is 10.6 Å². The maximum absolute atomic E-state index is 10.9. The largest absolute Gasteiger partial charge is 0.399 e. The van der Waals surface area contributed by atoms with Gasteiger partial charge in [-0.15, -0.1) is 0 Å². The van der Waals surface area contributed by atoms with Crippen molar-refractivity contribution in [3.63, 3.8) is 0 Å². The molecule has 6 nitrogen and oxygen atoms in total. The first-order valence-corrected chi connectivity index (χ1v) is 5.05. The van der Waals surface area contributed by atoms with Crippen molar-refractivity contribution in [1.29, 1.82) is 0 Å². The van der Waals surface area contributed by atoms with Crippen LogP contribution in [-0.4, -0.2) is 31.2 Å². The van der Waals surface area contributed by atoms with Crippen molar-refractivity contribution in [2.45, 2.75) is 0 Å². The third kappa shape index (κ3) is 2.06. The van der Waals surface area contributed by atoms with E-state index in [9.17, 15) is 10.1 Å². The Morgan fingerprint density at radius 1 is 1.38 bits per heavy atom. The van der Waals surface area contributed by atoms with E-state index < -0.39 is 0 Å². The second kappa shape index (κ2) is 4.36. The van der Waals surface area contributed by atoms with Gasteiger partial charge in [-0.05, 0) is 12.1 Å². The summed E-state index contributed by atoms with van der Waals surface area (Å²) in [6.07, 6.45) is 0. The molecule has 2 N–H and O–H groups in total. The first-order chi connectivity index (χ1) is 7.68. The molecule has 1 aliphatic rings. The number of hydrogen-bond acceptors (Lipinski definition) is 5. The molecule has 0 spiro atoms. The van der Waals surface area contributed by atoms with E-state index in [1.54, 1.807) is 12.1 Å². The predicted octanol–water partition coefficient (Wildman–Crippen LogP) is 1.01. The highest BCUT2D eigenvalue weighted by molar-refractivity contribution is 5.68. The Balaban J connectivity index is 2.36. The monoisotopic (exact) mass is 223 g/mol. The number of hydrogen-bond donors (Lipinski definition) is 1. The third-order valence-electron chi connectivity index (χ3n) is 2.55. The van der Waals surface area contributed by atoms with Gasteiger partial charge in [0.25, 0.3) is 5.69 Å².